The van der Waals surface area contributed by atoms with Gasteiger partial charge in [-0.1, -0.05) is 29.8 Å². The van der Waals surface area contributed by atoms with E-state index in [1.807, 2.05) is 6.07 Å². The molecular formula is C16H16ClNO. The van der Waals surface area contributed by atoms with Crippen LogP contribution in [0.3, 0.4) is 0 Å². The summed E-state index contributed by atoms with van der Waals surface area (Å²) >= 11 is 6.32. The number of rotatable bonds is 2. The smallest absolute Gasteiger partial charge is 0.217 e. The molecule has 0 radical (unpaired) electrons. The Hall–Kier alpha value is -1.54. The van der Waals surface area contributed by atoms with Crippen molar-refractivity contribution in [3.8, 4) is 0 Å². The summed E-state index contributed by atoms with van der Waals surface area (Å²) in [6, 6.07) is 4.12. The van der Waals surface area contributed by atoms with E-state index in [9.17, 15) is 4.79 Å². The maximum Gasteiger partial charge on any atom is 0.217 e. The van der Waals surface area contributed by atoms with E-state index in [4.69, 9.17) is 11.6 Å². The Morgan fingerprint density at radius 1 is 1.37 bits per heavy atom. The number of hydrogen-bond acceptors (Lipinski definition) is 1. The van der Waals surface area contributed by atoms with Crippen LogP contribution in [0, 0.1) is 0 Å². The van der Waals surface area contributed by atoms with Crippen LogP contribution in [0.5, 0.6) is 0 Å². The Balaban J connectivity index is 2.08. The second-order valence-corrected chi connectivity index (χ2v) is 5.50. The molecule has 2 nitrogen and oxygen atoms in total. The van der Waals surface area contributed by atoms with Crippen LogP contribution >= 0.6 is 11.6 Å². The summed E-state index contributed by atoms with van der Waals surface area (Å²) in [5, 5.41) is 3.77. The van der Waals surface area contributed by atoms with Crippen molar-refractivity contribution in [1.29, 1.82) is 0 Å². The lowest BCUT2D eigenvalue weighted by molar-refractivity contribution is -0.118. The highest BCUT2D eigenvalue weighted by Gasteiger charge is 2.23. The van der Waals surface area contributed by atoms with E-state index in [1.165, 1.54) is 27.8 Å². The van der Waals surface area contributed by atoms with Crippen molar-refractivity contribution < 1.29 is 4.79 Å². The Labute approximate surface area is 118 Å². The highest BCUT2D eigenvalue weighted by atomic mass is 35.5. The molecule has 98 valence electrons. The van der Waals surface area contributed by atoms with E-state index in [-0.39, 0.29) is 5.91 Å². The minimum atomic E-state index is 0.0185. The quantitative estimate of drug-likeness (QED) is 0.880. The lowest BCUT2D eigenvalue weighted by Gasteiger charge is -2.27. The molecule has 0 fully saturated rings. The highest BCUT2D eigenvalue weighted by Crippen LogP contribution is 2.40. The van der Waals surface area contributed by atoms with E-state index in [0.717, 1.165) is 24.3 Å². The molecule has 0 atom stereocenters. The van der Waals surface area contributed by atoms with Crippen molar-refractivity contribution in [2.24, 2.45) is 0 Å². The number of nitrogens with one attached hydrogen (secondary N) is 1. The summed E-state index contributed by atoms with van der Waals surface area (Å²) in [6.45, 7) is 2.20. The van der Waals surface area contributed by atoms with Gasteiger partial charge in [-0.3, -0.25) is 4.79 Å². The number of halogens is 1. The Kier molecular flexibility index (Phi) is 3.19. The minimum absolute atomic E-state index is 0.0185. The van der Waals surface area contributed by atoms with Gasteiger partial charge in [0.15, 0.2) is 0 Å². The van der Waals surface area contributed by atoms with Crippen molar-refractivity contribution in [2.45, 2.75) is 26.2 Å². The second-order valence-electron chi connectivity index (χ2n) is 5.09. The molecule has 2 aliphatic rings. The van der Waals surface area contributed by atoms with Gasteiger partial charge in [-0.05, 0) is 53.2 Å². The van der Waals surface area contributed by atoms with Gasteiger partial charge < -0.3 is 5.32 Å². The third-order valence-electron chi connectivity index (χ3n) is 3.84. The maximum atomic E-state index is 11.1. The highest BCUT2D eigenvalue weighted by molar-refractivity contribution is 6.31. The minimum Gasteiger partial charge on any atom is -0.353 e. The molecule has 0 saturated carbocycles. The molecule has 0 unspecified atom stereocenters. The summed E-state index contributed by atoms with van der Waals surface area (Å²) in [4.78, 5) is 11.1. The van der Waals surface area contributed by atoms with Gasteiger partial charge in [-0.25, -0.2) is 0 Å². The van der Waals surface area contributed by atoms with E-state index >= 15 is 0 Å². The monoisotopic (exact) mass is 273 g/mol. The van der Waals surface area contributed by atoms with Gasteiger partial charge in [0.2, 0.25) is 5.91 Å². The summed E-state index contributed by atoms with van der Waals surface area (Å²) < 4.78 is 0. The average molecular weight is 274 g/mol. The third-order valence-corrected chi connectivity index (χ3v) is 4.20. The lowest BCUT2D eigenvalue weighted by Crippen LogP contribution is -2.25. The molecule has 1 amide bonds. The predicted octanol–water partition coefficient (Wildman–Crippen LogP) is 3.29. The van der Waals surface area contributed by atoms with Crippen LogP contribution in [0.15, 0.2) is 29.9 Å². The summed E-state index contributed by atoms with van der Waals surface area (Å²) in [7, 11) is 0. The zero-order valence-corrected chi connectivity index (χ0v) is 11.7. The van der Waals surface area contributed by atoms with Gasteiger partial charge in [0.05, 0.1) is 0 Å². The predicted molar refractivity (Wildman–Crippen MR) is 78.2 cm³/mol. The fraction of sp³-hybridized carbons (Fsp3) is 0.312. The average Bonchev–Trinajstić information content (AvgIpc) is 2.41. The fourth-order valence-corrected chi connectivity index (χ4v) is 3.18. The van der Waals surface area contributed by atoms with Gasteiger partial charge in [0.25, 0.3) is 0 Å². The fourth-order valence-electron chi connectivity index (χ4n) is 2.93. The van der Waals surface area contributed by atoms with Crippen LogP contribution in [-0.4, -0.2) is 12.5 Å². The van der Waals surface area contributed by atoms with E-state index in [1.54, 1.807) is 6.92 Å². The van der Waals surface area contributed by atoms with E-state index < -0.39 is 0 Å². The topological polar surface area (TPSA) is 29.1 Å². The standard InChI is InChI=1S/C16H16ClNO/c1-10(19)18-9-12-5-7-14-15(17)8-6-11-3-2-4-13(12)16(11)14/h2,4,6,8H,3,5,7,9H2,1H3,(H,18,19). The van der Waals surface area contributed by atoms with Gasteiger partial charge in [-0.15, -0.1) is 0 Å². The molecule has 0 aromatic heterocycles. The first-order valence-electron chi connectivity index (χ1n) is 6.60. The summed E-state index contributed by atoms with van der Waals surface area (Å²) in [5.74, 6) is 0.0185. The maximum absolute atomic E-state index is 11.1. The normalized spacial score (nSPS) is 16.3. The van der Waals surface area contributed by atoms with Gasteiger partial charge in [0.1, 0.15) is 0 Å². The van der Waals surface area contributed by atoms with Crippen LogP contribution in [0.2, 0.25) is 5.02 Å². The summed E-state index contributed by atoms with van der Waals surface area (Å²) in [6.07, 6.45) is 7.27. The van der Waals surface area contributed by atoms with Crippen molar-refractivity contribution in [3.63, 3.8) is 0 Å². The van der Waals surface area contributed by atoms with Crippen LogP contribution in [0.25, 0.3) is 5.57 Å². The van der Waals surface area contributed by atoms with Crippen LogP contribution in [-0.2, 0) is 17.6 Å². The lowest BCUT2D eigenvalue weighted by atomic mass is 9.79. The molecule has 2 aliphatic carbocycles. The molecule has 1 N–H and O–H groups in total. The zero-order chi connectivity index (χ0) is 13.4. The van der Waals surface area contributed by atoms with Crippen molar-refractivity contribution >= 4 is 23.1 Å². The zero-order valence-electron chi connectivity index (χ0n) is 10.9. The molecule has 1 aromatic rings. The first kappa shape index (κ1) is 12.5. The van der Waals surface area contributed by atoms with Gasteiger partial charge in [-0.2, -0.15) is 0 Å². The van der Waals surface area contributed by atoms with Gasteiger partial charge in [0, 0.05) is 18.5 Å². The number of benzene rings is 1. The molecule has 3 rings (SSSR count). The first-order chi connectivity index (χ1) is 9.16. The molecule has 0 aliphatic heterocycles. The Morgan fingerprint density at radius 2 is 2.21 bits per heavy atom. The van der Waals surface area contributed by atoms with E-state index in [2.05, 4.69) is 23.5 Å². The largest absolute Gasteiger partial charge is 0.353 e. The molecule has 0 saturated heterocycles. The van der Waals surface area contributed by atoms with Gasteiger partial charge >= 0.3 is 0 Å². The number of allylic oxidation sites excluding steroid dienone is 3. The molecule has 0 bridgehead atoms. The van der Waals surface area contributed by atoms with Crippen molar-refractivity contribution in [3.05, 3.63) is 51.6 Å². The van der Waals surface area contributed by atoms with Crippen LogP contribution < -0.4 is 5.32 Å². The Bertz CT molecular complexity index is 613. The second kappa shape index (κ2) is 4.86. The van der Waals surface area contributed by atoms with Crippen molar-refractivity contribution in [1.82, 2.24) is 5.32 Å². The van der Waals surface area contributed by atoms with Crippen molar-refractivity contribution in [2.75, 3.05) is 6.54 Å². The number of amides is 1. The molecule has 1 aromatic carbocycles. The molecule has 3 heteroatoms. The number of carbonyl (C=O) groups is 1. The third kappa shape index (κ3) is 2.21. The number of hydrogen-bond donors (Lipinski definition) is 1. The SMILES string of the molecule is CC(=O)NCC1=C2C=CCc3ccc(Cl)c(c32)CC1. The van der Waals surface area contributed by atoms with E-state index in [0.29, 0.717) is 6.54 Å². The number of carbonyl (C=O) groups excluding carboxylic acids is 1. The molecule has 19 heavy (non-hydrogen) atoms. The van der Waals surface area contributed by atoms with Crippen LogP contribution in [0.4, 0.5) is 0 Å². The molecular weight excluding hydrogens is 258 g/mol. The Morgan fingerprint density at radius 3 is 3.00 bits per heavy atom. The molecule has 0 spiro atoms. The van der Waals surface area contributed by atoms with Crippen LogP contribution in [0.1, 0.15) is 30.0 Å². The molecule has 0 heterocycles. The first-order valence-corrected chi connectivity index (χ1v) is 6.98. The summed E-state index contributed by atoms with van der Waals surface area (Å²) in [5.41, 5.74) is 6.49.